The average molecular weight is 349 g/mol. The van der Waals surface area contributed by atoms with Crippen LogP contribution in [0.3, 0.4) is 0 Å². The first-order valence-electron chi connectivity index (χ1n) is 7.61. The molecule has 3 N–H and O–H groups in total. The zero-order valence-electron chi connectivity index (χ0n) is 13.7. The van der Waals surface area contributed by atoms with Gasteiger partial charge in [0.25, 0.3) is 0 Å². The summed E-state index contributed by atoms with van der Waals surface area (Å²) in [5.74, 6) is 0.530. The predicted molar refractivity (Wildman–Crippen MR) is 96.7 cm³/mol. The molecule has 0 saturated carbocycles. The largest absolute Gasteiger partial charge is 0.496 e. The number of halogens is 1. The molecule has 24 heavy (non-hydrogen) atoms. The van der Waals surface area contributed by atoms with Crippen molar-refractivity contribution in [1.82, 2.24) is 0 Å². The maximum absolute atomic E-state index is 12.1. The zero-order valence-corrected chi connectivity index (χ0v) is 14.4. The van der Waals surface area contributed by atoms with Crippen molar-refractivity contribution in [2.75, 3.05) is 17.7 Å². The molecule has 5 nitrogen and oxygen atoms in total. The minimum absolute atomic E-state index is 0.0795. The molecular formula is C18H21ClN2O3. The summed E-state index contributed by atoms with van der Waals surface area (Å²) in [6.07, 6.45) is 0.299. The molecule has 0 fully saturated rings. The number of anilines is 2. The quantitative estimate of drug-likeness (QED) is 0.714. The average Bonchev–Trinajstić information content (AvgIpc) is 2.54. The number of nitrogens with one attached hydrogen (secondary N) is 2. The van der Waals surface area contributed by atoms with Crippen LogP contribution >= 0.6 is 11.6 Å². The number of carbonyl (C=O) groups excluding carboxylic acids is 1. The standard InChI is InChI=1S/C18H21ClN2O3/c1-12(8-18(23)21-15-5-3-4-14(19)10-15)20-16-6-7-17(24-2)13(9-16)11-22/h3-7,9-10,12,20,22H,8,11H2,1-2H3,(H,21,23). The van der Waals surface area contributed by atoms with Gasteiger partial charge in [-0.3, -0.25) is 4.79 Å². The summed E-state index contributed by atoms with van der Waals surface area (Å²) in [4.78, 5) is 12.1. The monoisotopic (exact) mass is 348 g/mol. The highest BCUT2D eigenvalue weighted by molar-refractivity contribution is 6.30. The number of amides is 1. The molecule has 0 spiro atoms. The Balaban J connectivity index is 1.92. The zero-order chi connectivity index (χ0) is 17.5. The van der Waals surface area contributed by atoms with Crippen LogP contribution < -0.4 is 15.4 Å². The number of hydrogen-bond acceptors (Lipinski definition) is 4. The Hall–Kier alpha value is -2.24. The number of aliphatic hydroxyl groups excluding tert-OH is 1. The molecule has 2 aromatic carbocycles. The van der Waals surface area contributed by atoms with Gasteiger partial charge in [0.05, 0.1) is 13.7 Å². The summed E-state index contributed by atoms with van der Waals surface area (Å²) < 4.78 is 5.17. The van der Waals surface area contributed by atoms with Crippen LogP contribution in [-0.4, -0.2) is 24.2 Å². The van der Waals surface area contributed by atoms with E-state index < -0.39 is 0 Å². The third kappa shape index (κ3) is 5.15. The van der Waals surface area contributed by atoms with Crippen molar-refractivity contribution < 1.29 is 14.6 Å². The summed E-state index contributed by atoms with van der Waals surface area (Å²) in [6, 6.07) is 12.4. The molecule has 0 saturated heterocycles. The lowest BCUT2D eigenvalue weighted by Crippen LogP contribution is -2.23. The summed E-state index contributed by atoms with van der Waals surface area (Å²) in [5.41, 5.74) is 2.19. The number of ether oxygens (including phenoxy) is 1. The Morgan fingerprint density at radius 3 is 2.71 bits per heavy atom. The first-order valence-corrected chi connectivity index (χ1v) is 7.99. The van der Waals surface area contributed by atoms with Crippen LogP contribution in [0.15, 0.2) is 42.5 Å². The van der Waals surface area contributed by atoms with Gasteiger partial charge < -0.3 is 20.5 Å². The van der Waals surface area contributed by atoms with E-state index in [0.29, 0.717) is 28.4 Å². The van der Waals surface area contributed by atoms with Crippen molar-refractivity contribution in [1.29, 1.82) is 0 Å². The van der Waals surface area contributed by atoms with Crippen LogP contribution in [0.4, 0.5) is 11.4 Å². The fourth-order valence-corrected chi connectivity index (χ4v) is 2.57. The van der Waals surface area contributed by atoms with Gasteiger partial charge in [0.2, 0.25) is 5.91 Å². The molecule has 0 bridgehead atoms. The van der Waals surface area contributed by atoms with Crippen molar-refractivity contribution >= 4 is 28.9 Å². The maximum atomic E-state index is 12.1. The minimum Gasteiger partial charge on any atom is -0.496 e. The Morgan fingerprint density at radius 2 is 2.04 bits per heavy atom. The molecule has 1 unspecified atom stereocenters. The third-order valence-corrected chi connectivity index (χ3v) is 3.70. The van der Waals surface area contributed by atoms with Crippen LogP contribution in [0, 0.1) is 0 Å². The summed E-state index contributed by atoms with van der Waals surface area (Å²) in [6.45, 7) is 1.81. The second kappa shape index (κ2) is 8.57. The molecule has 0 radical (unpaired) electrons. The Bertz CT molecular complexity index is 706. The van der Waals surface area contributed by atoms with Crippen molar-refractivity contribution in [3.8, 4) is 5.75 Å². The van der Waals surface area contributed by atoms with Gasteiger partial charge in [-0.05, 0) is 43.3 Å². The van der Waals surface area contributed by atoms with E-state index in [1.54, 1.807) is 37.4 Å². The second-order valence-corrected chi connectivity index (χ2v) is 5.93. The highest BCUT2D eigenvalue weighted by Gasteiger charge is 2.11. The molecule has 1 amide bonds. The number of rotatable bonds is 7. The fourth-order valence-electron chi connectivity index (χ4n) is 2.38. The molecule has 2 rings (SSSR count). The second-order valence-electron chi connectivity index (χ2n) is 5.49. The normalized spacial score (nSPS) is 11.7. The molecule has 0 aliphatic heterocycles. The number of benzene rings is 2. The van der Waals surface area contributed by atoms with Crippen LogP contribution in [0.25, 0.3) is 0 Å². The Labute approximate surface area is 146 Å². The minimum atomic E-state index is -0.109. The predicted octanol–water partition coefficient (Wildman–Crippen LogP) is 3.67. The lowest BCUT2D eigenvalue weighted by Gasteiger charge is -2.17. The van der Waals surface area contributed by atoms with Crippen molar-refractivity contribution in [2.24, 2.45) is 0 Å². The van der Waals surface area contributed by atoms with E-state index in [0.717, 1.165) is 5.69 Å². The van der Waals surface area contributed by atoms with Gasteiger partial charge in [-0.25, -0.2) is 0 Å². The molecular weight excluding hydrogens is 328 g/mol. The summed E-state index contributed by atoms with van der Waals surface area (Å²) >= 11 is 5.90. The van der Waals surface area contributed by atoms with E-state index in [-0.39, 0.29) is 18.6 Å². The van der Waals surface area contributed by atoms with Gasteiger partial charge in [-0.1, -0.05) is 17.7 Å². The van der Waals surface area contributed by atoms with E-state index in [1.165, 1.54) is 0 Å². The summed E-state index contributed by atoms with van der Waals surface area (Å²) in [5, 5.41) is 16.0. The number of aliphatic hydroxyl groups is 1. The lowest BCUT2D eigenvalue weighted by molar-refractivity contribution is -0.116. The molecule has 1 atom stereocenters. The van der Waals surface area contributed by atoms with Crippen molar-refractivity contribution in [2.45, 2.75) is 26.0 Å². The molecule has 128 valence electrons. The Morgan fingerprint density at radius 1 is 1.25 bits per heavy atom. The van der Waals surface area contributed by atoms with Crippen LogP contribution in [0.5, 0.6) is 5.75 Å². The first kappa shape index (κ1) is 18.1. The maximum Gasteiger partial charge on any atom is 0.226 e. The van der Waals surface area contributed by atoms with E-state index >= 15 is 0 Å². The van der Waals surface area contributed by atoms with Crippen LogP contribution in [0.2, 0.25) is 5.02 Å². The molecule has 0 aromatic heterocycles. The van der Waals surface area contributed by atoms with E-state index in [4.69, 9.17) is 16.3 Å². The van der Waals surface area contributed by atoms with Crippen LogP contribution in [0.1, 0.15) is 18.9 Å². The lowest BCUT2D eigenvalue weighted by atomic mass is 10.1. The SMILES string of the molecule is COc1ccc(NC(C)CC(=O)Nc2cccc(Cl)c2)cc1CO. The molecule has 0 aliphatic rings. The fraction of sp³-hybridized carbons (Fsp3) is 0.278. The number of hydrogen-bond donors (Lipinski definition) is 3. The van der Waals surface area contributed by atoms with Gasteiger partial charge in [-0.15, -0.1) is 0 Å². The van der Waals surface area contributed by atoms with Crippen LogP contribution in [-0.2, 0) is 11.4 Å². The van der Waals surface area contributed by atoms with Crippen molar-refractivity contribution in [3.05, 3.63) is 53.1 Å². The summed E-state index contributed by atoms with van der Waals surface area (Å²) in [7, 11) is 1.56. The molecule has 0 heterocycles. The van der Waals surface area contributed by atoms with Gasteiger partial charge >= 0.3 is 0 Å². The van der Waals surface area contributed by atoms with Gasteiger partial charge in [0.1, 0.15) is 5.75 Å². The third-order valence-electron chi connectivity index (χ3n) is 3.46. The highest BCUT2D eigenvalue weighted by Crippen LogP contribution is 2.23. The first-order chi connectivity index (χ1) is 11.5. The number of methoxy groups -OCH3 is 1. The Kier molecular flexibility index (Phi) is 6.46. The van der Waals surface area contributed by atoms with Gasteiger partial charge in [-0.2, -0.15) is 0 Å². The van der Waals surface area contributed by atoms with Gasteiger partial charge in [0, 0.05) is 34.4 Å². The smallest absolute Gasteiger partial charge is 0.226 e. The van der Waals surface area contributed by atoms with Gasteiger partial charge in [0.15, 0.2) is 0 Å². The van der Waals surface area contributed by atoms with Crippen molar-refractivity contribution in [3.63, 3.8) is 0 Å². The topological polar surface area (TPSA) is 70.6 Å². The molecule has 2 aromatic rings. The number of carbonyl (C=O) groups is 1. The molecule has 0 aliphatic carbocycles. The van der Waals surface area contributed by atoms with E-state index in [2.05, 4.69) is 10.6 Å². The molecule has 6 heteroatoms. The highest BCUT2D eigenvalue weighted by atomic mass is 35.5. The van der Waals surface area contributed by atoms with E-state index in [1.807, 2.05) is 19.1 Å². The van der Waals surface area contributed by atoms with E-state index in [9.17, 15) is 9.90 Å².